The van der Waals surface area contributed by atoms with Gasteiger partial charge in [0.15, 0.2) is 0 Å². The molecule has 0 saturated heterocycles. The lowest BCUT2D eigenvalue weighted by atomic mass is 10.0. The SMILES string of the molecule is O=C(CCCCCc1ccc(F)cc1)N1CCc2occc2C1. The second-order valence-electron chi connectivity index (χ2n) is 6.12. The molecule has 0 unspecified atom stereocenters. The first-order valence-electron chi connectivity index (χ1n) is 8.30. The van der Waals surface area contributed by atoms with E-state index in [2.05, 4.69) is 0 Å². The molecule has 122 valence electrons. The van der Waals surface area contributed by atoms with E-state index in [1.807, 2.05) is 23.1 Å². The first kappa shape index (κ1) is 15.8. The maximum absolute atomic E-state index is 12.8. The number of aryl methyl sites for hydroxylation is 1. The Balaban J connectivity index is 1.34. The molecule has 0 saturated carbocycles. The lowest BCUT2D eigenvalue weighted by molar-refractivity contribution is -0.132. The summed E-state index contributed by atoms with van der Waals surface area (Å²) in [6.45, 7) is 1.44. The fourth-order valence-corrected chi connectivity index (χ4v) is 3.05. The van der Waals surface area contributed by atoms with Crippen LogP contribution in [0.3, 0.4) is 0 Å². The van der Waals surface area contributed by atoms with Crippen LogP contribution in [0.2, 0.25) is 0 Å². The van der Waals surface area contributed by atoms with Crippen molar-refractivity contribution in [2.24, 2.45) is 0 Å². The van der Waals surface area contributed by atoms with Gasteiger partial charge in [-0.1, -0.05) is 18.6 Å². The molecule has 0 spiro atoms. The van der Waals surface area contributed by atoms with Crippen molar-refractivity contribution < 1.29 is 13.6 Å². The summed E-state index contributed by atoms with van der Waals surface area (Å²) < 4.78 is 18.2. The van der Waals surface area contributed by atoms with Gasteiger partial charge in [0.1, 0.15) is 11.6 Å². The number of unbranched alkanes of at least 4 members (excludes halogenated alkanes) is 2. The van der Waals surface area contributed by atoms with Crippen molar-refractivity contribution in [2.45, 2.75) is 45.1 Å². The fourth-order valence-electron chi connectivity index (χ4n) is 3.05. The maximum Gasteiger partial charge on any atom is 0.222 e. The van der Waals surface area contributed by atoms with E-state index < -0.39 is 0 Å². The minimum atomic E-state index is -0.193. The molecule has 2 aromatic rings. The average molecular weight is 315 g/mol. The smallest absolute Gasteiger partial charge is 0.222 e. The summed E-state index contributed by atoms with van der Waals surface area (Å²) >= 11 is 0. The zero-order chi connectivity index (χ0) is 16.1. The number of carbonyl (C=O) groups excluding carboxylic acids is 1. The Hall–Kier alpha value is -2.10. The zero-order valence-electron chi connectivity index (χ0n) is 13.3. The molecule has 23 heavy (non-hydrogen) atoms. The van der Waals surface area contributed by atoms with E-state index in [9.17, 15) is 9.18 Å². The second-order valence-corrected chi connectivity index (χ2v) is 6.12. The number of furan rings is 1. The summed E-state index contributed by atoms with van der Waals surface area (Å²) in [5.41, 5.74) is 2.29. The molecule has 1 aromatic heterocycles. The van der Waals surface area contributed by atoms with E-state index >= 15 is 0 Å². The van der Waals surface area contributed by atoms with Crippen molar-refractivity contribution in [2.75, 3.05) is 6.54 Å². The summed E-state index contributed by atoms with van der Waals surface area (Å²) in [5, 5.41) is 0. The Bertz CT molecular complexity index is 648. The molecule has 4 heteroatoms. The number of rotatable bonds is 6. The van der Waals surface area contributed by atoms with Gasteiger partial charge in [0.05, 0.1) is 6.26 Å². The van der Waals surface area contributed by atoms with Crippen molar-refractivity contribution in [1.82, 2.24) is 4.90 Å². The molecule has 1 aromatic carbocycles. The van der Waals surface area contributed by atoms with Crippen LogP contribution in [0.1, 0.15) is 42.6 Å². The van der Waals surface area contributed by atoms with Crippen LogP contribution in [0.25, 0.3) is 0 Å². The quantitative estimate of drug-likeness (QED) is 0.752. The number of hydrogen-bond acceptors (Lipinski definition) is 2. The monoisotopic (exact) mass is 315 g/mol. The minimum Gasteiger partial charge on any atom is -0.469 e. The standard InChI is InChI=1S/C19H22FNO2/c20-17-8-6-15(7-9-17)4-2-1-3-5-19(22)21-12-10-18-16(14-21)11-13-23-18/h6-9,11,13H,1-5,10,12,14H2. The molecule has 0 N–H and O–H groups in total. The first-order valence-corrected chi connectivity index (χ1v) is 8.30. The van der Waals surface area contributed by atoms with Gasteiger partial charge in [0.2, 0.25) is 5.91 Å². The minimum absolute atomic E-state index is 0.193. The Kier molecular flexibility index (Phi) is 5.11. The van der Waals surface area contributed by atoms with Crippen LogP contribution >= 0.6 is 0 Å². The number of carbonyl (C=O) groups is 1. The van der Waals surface area contributed by atoms with Gasteiger partial charge in [-0.25, -0.2) is 4.39 Å². The summed E-state index contributed by atoms with van der Waals surface area (Å²) in [4.78, 5) is 14.2. The predicted octanol–water partition coefficient (Wildman–Crippen LogP) is 4.11. The molecule has 0 atom stereocenters. The third-order valence-corrected chi connectivity index (χ3v) is 4.43. The highest BCUT2D eigenvalue weighted by molar-refractivity contribution is 5.76. The summed E-state index contributed by atoms with van der Waals surface area (Å²) in [6, 6.07) is 8.61. The topological polar surface area (TPSA) is 33.5 Å². The van der Waals surface area contributed by atoms with Gasteiger partial charge >= 0.3 is 0 Å². The molecule has 1 amide bonds. The van der Waals surface area contributed by atoms with Gasteiger partial charge in [-0.3, -0.25) is 4.79 Å². The van der Waals surface area contributed by atoms with Crippen LogP contribution in [0.5, 0.6) is 0 Å². The highest BCUT2D eigenvalue weighted by Crippen LogP contribution is 2.20. The Labute approximate surface area is 136 Å². The van der Waals surface area contributed by atoms with Crippen molar-refractivity contribution in [1.29, 1.82) is 0 Å². The maximum atomic E-state index is 12.8. The third kappa shape index (κ3) is 4.21. The number of fused-ring (bicyclic) bond motifs is 1. The van der Waals surface area contributed by atoms with Crippen molar-refractivity contribution in [3.8, 4) is 0 Å². The van der Waals surface area contributed by atoms with E-state index in [1.54, 1.807) is 6.26 Å². The van der Waals surface area contributed by atoms with Crippen LogP contribution in [0.4, 0.5) is 4.39 Å². The highest BCUT2D eigenvalue weighted by Gasteiger charge is 2.21. The molecule has 2 heterocycles. The number of hydrogen-bond donors (Lipinski definition) is 0. The van der Waals surface area contributed by atoms with E-state index in [0.29, 0.717) is 13.0 Å². The van der Waals surface area contributed by atoms with E-state index in [-0.39, 0.29) is 11.7 Å². The van der Waals surface area contributed by atoms with Gasteiger partial charge in [0.25, 0.3) is 0 Å². The molecular weight excluding hydrogens is 293 g/mol. The van der Waals surface area contributed by atoms with Gasteiger partial charge < -0.3 is 9.32 Å². The van der Waals surface area contributed by atoms with Crippen molar-refractivity contribution >= 4 is 5.91 Å². The van der Waals surface area contributed by atoms with Gasteiger partial charge in [-0.2, -0.15) is 0 Å². The van der Waals surface area contributed by atoms with Crippen LogP contribution < -0.4 is 0 Å². The van der Waals surface area contributed by atoms with Crippen LogP contribution in [-0.2, 0) is 24.2 Å². The van der Waals surface area contributed by atoms with Crippen molar-refractivity contribution in [3.63, 3.8) is 0 Å². The number of halogens is 1. The van der Waals surface area contributed by atoms with Crippen LogP contribution in [-0.4, -0.2) is 17.4 Å². The third-order valence-electron chi connectivity index (χ3n) is 4.43. The summed E-state index contributed by atoms with van der Waals surface area (Å²) in [5.74, 6) is 1.06. The molecule has 1 aliphatic heterocycles. The van der Waals surface area contributed by atoms with Crippen LogP contribution in [0, 0.1) is 5.82 Å². The van der Waals surface area contributed by atoms with Crippen molar-refractivity contribution in [3.05, 3.63) is 59.3 Å². The Morgan fingerprint density at radius 3 is 2.78 bits per heavy atom. The molecule has 0 aliphatic carbocycles. The Morgan fingerprint density at radius 1 is 1.13 bits per heavy atom. The molecular formula is C19H22FNO2. The number of amides is 1. The lowest BCUT2D eigenvalue weighted by Crippen LogP contribution is -2.35. The second kappa shape index (κ2) is 7.44. The fraction of sp³-hybridized carbons (Fsp3) is 0.421. The molecule has 3 nitrogen and oxygen atoms in total. The van der Waals surface area contributed by atoms with E-state index in [0.717, 1.165) is 55.5 Å². The molecule has 0 radical (unpaired) electrons. The normalized spacial score (nSPS) is 13.9. The molecule has 1 aliphatic rings. The average Bonchev–Trinajstić information content (AvgIpc) is 3.03. The van der Waals surface area contributed by atoms with E-state index in [1.165, 1.54) is 12.1 Å². The summed E-state index contributed by atoms with van der Waals surface area (Å²) in [7, 11) is 0. The van der Waals surface area contributed by atoms with Gasteiger partial charge in [-0.15, -0.1) is 0 Å². The zero-order valence-corrected chi connectivity index (χ0v) is 13.3. The number of nitrogens with zero attached hydrogens (tertiary/aromatic N) is 1. The lowest BCUT2D eigenvalue weighted by Gasteiger charge is -2.26. The number of benzene rings is 1. The largest absolute Gasteiger partial charge is 0.469 e. The Morgan fingerprint density at radius 2 is 1.96 bits per heavy atom. The molecule has 3 rings (SSSR count). The molecule has 0 fully saturated rings. The highest BCUT2D eigenvalue weighted by atomic mass is 19.1. The van der Waals surface area contributed by atoms with Gasteiger partial charge in [0, 0.05) is 31.5 Å². The first-order chi connectivity index (χ1) is 11.2. The molecule has 0 bridgehead atoms. The predicted molar refractivity (Wildman–Crippen MR) is 86.4 cm³/mol. The van der Waals surface area contributed by atoms with Crippen LogP contribution in [0.15, 0.2) is 41.0 Å². The van der Waals surface area contributed by atoms with Gasteiger partial charge in [-0.05, 0) is 43.0 Å². The summed E-state index contributed by atoms with van der Waals surface area (Å²) in [6.07, 6.45) is 7.04. The van der Waals surface area contributed by atoms with E-state index in [4.69, 9.17) is 4.42 Å².